The molecule has 2 atom stereocenters. The van der Waals surface area contributed by atoms with Gasteiger partial charge < -0.3 is 14.5 Å². The van der Waals surface area contributed by atoms with Crippen molar-refractivity contribution >= 4 is 17.4 Å². The van der Waals surface area contributed by atoms with Crippen LogP contribution >= 0.6 is 0 Å². The number of fused-ring (bicyclic) bond motifs is 3. The first-order valence-corrected chi connectivity index (χ1v) is 10.2. The molecule has 3 heterocycles. The first-order valence-electron chi connectivity index (χ1n) is 10.2. The number of urea groups is 1. The Morgan fingerprint density at radius 3 is 2.53 bits per heavy atom. The summed E-state index contributed by atoms with van der Waals surface area (Å²) in [6, 6.07) is 13.3. The Morgan fingerprint density at radius 1 is 1.07 bits per heavy atom. The Bertz CT molecular complexity index is 1010. The molecule has 154 valence electrons. The van der Waals surface area contributed by atoms with Crippen molar-refractivity contribution in [2.24, 2.45) is 4.99 Å². The molecule has 30 heavy (non-hydrogen) atoms. The highest BCUT2D eigenvalue weighted by Crippen LogP contribution is 2.43. The van der Waals surface area contributed by atoms with E-state index in [1.807, 2.05) is 29.2 Å². The van der Waals surface area contributed by atoms with Gasteiger partial charge >= 0.3 is 6.03 Å². The van der Waals surface area contributed by atoms with Crippen LogP contribution < -0.4 is 4.74 Å². The summed E-state index contributed by atoms with van der Waals surface area (Å²) >= 11 is 0. The van der Waals surface area contributed by atoms with Gasteiger partial charge in [0.2, 0.25) is 0 Å². The van der Waals surface area contributed by atoms with Crippen molar-refractivity contribution in [2.45, 2.75) is 25.0 Å². The summed E-state index contributed by atoms with van der Waals surface area (Å²) in [4.78, 5) is 32.2. The molecule has 3 aliphatic heterocycles. The average molecular weight is 406 g/mol. The summed E-state index contributed by atoms with van der Waals surface area (Å²) in [5.74, 6) is 0.753. The van der Waals surface area contributed by atoms with Gasteiger partial charge in [0.1, 0.15) is 11.8 Å². The minimum Gasteiger partial charge on any atom is -0.481 e. The Kier molecular flexibility index (Phi) is 4.71. The minimum absolute atomic E-state index is 0.000835. The number of nitrogens with zero attached hydrogens (tertiary/aromatic N) is 4. The second kappa shape index (κ2) is 7.53. The van der Waals surface area contributed by atoms with E-state index in [-0.39, 0.29) is 17.8 Å². The lowest BCUT2D eigenvalue weighted by molar-refractivity contribution is -0.384. The maximum atomic E-state index is 13.1. The van der Waals surface area contributed by atoms with E-state index in [1.165, 1.54) is 25.0 Å². The number of para-hydroxylation sites is 1. The van der Waals surface area contributed by atoms with E-state index >= 15 is 0 Å². The molecule has 0 aliphatic carbocycles. The molecule has 2 aromatic rings. The third-order valence-corrected chi connectivity index (χ3v) is 6.08. The van der Waals surface area contributed by atoms with Gasteiger partial charge in [0.15, 0.2) is 6.10 Å². The van der Waals surface area contributed by atoms with Crippen molar-refractivity contribution in [1.29, 1.82) is 0 Å². The lowest BCUT2D eigenvalue weighted by Gasteiger charge is -2.36. The molecule has 3 aliphatic rings. The van der Waals surface area contributed by atoms with Crippen LogP contribution in [-0.4, -0.2) is 58.7 Å². The minimum atomic E-state index is -0.442. The van der Waals surface area contributed by atoms with E-state index in [0.717, 1.165) is 30.9 Å². The number of benzene rings is 2. The van der Waals surface area contributed by atoms with E-state index < -0.39 is 11.0 Å². The largest absolute Gasteiger partial charge is 0.481 e. The topological polar surface area (TPSA) is 88.3 Å². The number of ether oxygens (including phenoxy) is 1. The Hall–Kier alpha value is -3.26. The number of hydrogen-bond acceptors (Lipinski definition) is 5. The normalized spacial score (nSPS) is 23.0. The molecular weight excluding hydrogens is 384 g/mol. The van der Waals surface area contributed by atoms with Gasteiger partial charge in [-0.15, -0.1) is 0 Å². The van der Waals surface area contributed by atoms with Gasteiger partial charge in [-0.3, -0.25) is 10.1 Å². The van der Waals surface area contributed by atoms with Gasteiger partial charge in [-0.2, -0.15) is 4.99 Å². The zero-order valence-electron chi connectivity index (χ0n) is 16.4. The highest BCUT2D eigenvalue weighted by Gasteiger charge is 2.46. The van der Waals surface area contributed by atoms with Crippen molar-refractivity contribution in [2.75, 3.05) is 26.2 Å². The molecule has 1 fully saturated rings. The van der Waals surface area contributed by atoms with E-state index in [9.17, 15) is 14.9 Å². The van der Waals surface area contributed by atoms with E-state index in [2.05, 4.69) is 9.89 Å². The Balaban J connectivity index is 1.49. The third kappa shape index (κ3) is 3.23. The molecule has 0 saturated carbocycles. The van der Waals surface area contributed by atoms with Gasteiger partial charge in [-0.1, -0.05) is 18.2 Å². The van der Waals surface area contributed by atoms with Crippen LogP contribution in [0.5, 0.6) is 5.75 Å². The van der Waals surface area contributed by atoms with Gasteiger partial charge in [-0.25, -0.2) is 4.79 Å². The quantitative estimate of drug-likeness (QED) is 0.561. The Morgan fingerprint density at radius 2 is 1.80 bits per heavy atom. The second-order valence-corrected chi connectivity index (χ2v) is 7.85. The average Bonchev–Trinajstić information content (AvgIpc) is 3.41. The lowest BCUT2D eigenvalue weighted by Crippen LogP contribution is -2.49. The number of rotatable bonds is 5. The maximum absolute atomic E-state index is 13.1. The fraction of sp³-hybridized carbons (Fsp3) is 0.364. The van der Waals surface area contributed by atoms with Crippen LogP contribution in [-0.2, 0) is 0 Å². The van der Waals surface area contributed by atoms with Crippen molar-refractivity contribution in [3.63, 3.8) is 0 Å². The van der Waals surface area contributed by atoms with Crippen LogP contribution in [0.3, 0.4) is 0 Å². The SMILES string of the molecule is O=C1N=C(c2ccc([N+](=O)[O-])cc2)C2Oc3ccccc3C2N1CCN1CCCC1. The van der Waals surface area contributed by atoms with Crippen LogP contribution in [0.4, 0.5) is 10.5 Å². The fourth-order valence-corrected chi connectivity index (χ4v) is 4.56. The number of likely N-dealkylation sites (tertiary alicyclic amines) is 1. The van der Waals surface area contributed by atoms with Crippen LogP contribution in [0.15, 0.2) is 53.5 Å². The maximum Gasteiger partial charge on any atom is 0.344 e. The summed E-state index contributed by atoms with van der Waals surface area (Å²) < 4.78 is 6.23. The standard InChI is InChI=1S/C22H22N4O4/c27-22-23-19(15-7-9-16(10-8-15)26(28)29)21-20(17-5-1-2-6-18(17)30-21)25(22)14-13-24-11-3-4-12-24/h1-2,5-10,20-21H,3-4,11-14H2. The predicted molar refractivity (Wildman–Crippen MR) is 111 cm³/mol. The molecule has 0 N–H and O–H groups in total. The molecule has 1 saturated heterocycles. The molecule has 0 spiro atoms. The van der Waals surface area contributed by atoms with Gasteiger partial charge in [0.05, 0.1) is 10.6 Å². The van der Waals surface area contributed by atoms with Crippen LogP contribution in [0.1, 0.15) is 30.0 Å². The van der Waals surface area contributed by atoms with Crippen molar-refractivity contribution in [1.82, 2.24) is 9.80 Å². The predicted octanol–water partition coefficient (Wildman–Crippen LogP) is 3.42. The Labute approximate surface area is 173 Å². The number of hydrogen-bond donors (Lipinski definition) is 0. The number of carbonyl (C=O) groups is 1. The fourth-order valence-electron chi connectivity index (χ4n) is 4.56. The summed E-state index contributed by atoms with van der Waals surface area (Å²) in [7, 11) is 0. The molecule has 2 unspecified atom stereocenters. The number of nitro groups is 1. The first-order chi connectivity index (χ1) is 14.6. The highest BCUT2D eigenvalue weighted by molar-refractivity contribution is 6.11. The van der Waals surface area contributed by atoms with Crippen LogP contribution in [0.2, 0.25) is 0 Å². The summed E-state index contributed by atoms with van der Waals surface area (Å²) in [6.07, 6.45) is 1.98. The molecule has 0 radical (unpaired) electrons. The molecular formula is C22H22N4O4. The summed E-state index contributed by atoms with van der Waals surface area (Å²) in [6.45, 7) is 3.55. The lowest BCUT2D eigenvalue weighted by atomic mass is 9.93. The number of nitro benzene ring substituents is 1. The zero-order chi connectivity index (χ0) is 20.7. The van der Waals surface area contributed by atoms with Crippen molar-refractivity contribution in [3.8, 4) is 5.75 Å². The number of aliphatic imine (C=N–C) groups is 1. The van der Waals surface area contributed by atoms with E-state index in [0.29, 0.717) is 17.8 Å². The molecule has 8 heteroatoms. The second-order valence-electron chi connectivity index (χ2n) is 7.85. The van der Waals surface area contributed by atoms with Crippen molar-refractivity contribution < 1.29 is 14.5 Å². The first kappa shape index (κ1) is 18.7. The summed E-state index contributed by atoms with van der Waals surface area (Å²) in [5.41, 5.74) is 2.16. The smallest absolute Gasteiger partial charge is 0.344 e. The molecule has 0 aromatic heterocycles. The molecule has 2 aromatic carbocycles. The number of non-ortho nitro benzene ring substituents is 1. The van der Waals surface area contributed by atoms with Crippen LogP contribution in [0, 0.1) is 10.1 Å². The molecule has 5 rings (SSSR count). The zero-order valence-corrected chi connectivity index (χ0v) is 16.4. The third-order valence-electron chi connectivity index (χ3n) is 6.08. The summed E-state index contributed by atoms with van der Waals surface area (Å²) in [5, 5.41) is 11.0. The number of carbonyl (C=O) groups excluding carboxylic acids is 1. The highest BCUT2D eigenvalue weighted by atomic mass is 16.6. The van der Waals surface area contributed by atoms with Gasteiger partial charge in [0.25, 0.3) is 5.69 Å². The van der Waals surface area contributed by atoms with Gasteiger partial charge in [-0.05, 0) is 44.1 Å². The molecule has 8 nitrogen and oxygen atoms in total. The van der Waals surface area contributed by atoms with Crippen molar-refractivity contribution in [3.05, 3.63) is 69.8 Å². The van der Waals surface area contributed by atoms with E-state index in [4.69, 9.17) is 4.74 Å². The van der Waals surface area contributed by atoms with E-state index in [1.54, 1.807) is 12.1 Å². The molecule has 0 bridgehead atoms. The molecule has 2 amide bonds. The monoisotopic (exact) mass is 406 g/mol. The van der Waals surface area contributed by atoms with Gasteiger partial charge in [0, 0.05) is 36.3 Å². The van der Waals surface area contributed by atoms with Crippen LogP contribution in [0.25, 0.3) is 0 Å². The number of amides is 2.